The van der Waals surface area contributed by atoms with E-state index in [1.807, 2.05) is 29.6 Å². The largest absolute Gasteiger partial charge is 0.466 e. The van der Waals surface area contributed by atoms with E-state index in [0.717, 1.165) is 6.42 Å². The molecule has 1 heterocycles. The summed E-state index contributed by atoms with van der Waals surface area (Å²) in [4.78, 5) is 13.7. The second kappa shape index (κ2) is 11.3. The molecule has 0 aliphatic rings. The summed E-state index contributed by atoms with van der Waals surface area (Å²) in [7, 11) is 1.27. The van der Waals surface area contributed by atoms with E-state index in [1.54, 1.807) is 41.7 Å². The van der Waals surface area contributed by atoms with Crippen LogP contribution in [-0.4, -0.2) is 25.5 Å². The maximum Gasteiger partial charge on any atom is 0.351 e. The molecule has 31 heavy (non-hydrogen) atoms. The second-order valence-corrected chi connectivity index (χ2v) is 8.49. The van der Waals surface area contributed by atoms with Crippen molar-refractivity contribution < 1.29 is 14.3 Å². The lowest BCUT2D eigenvalue weighted by Crippen LogP contribution is -2.33. The van der Waals surface area contributed by atoms with Gasteiger partial charge < -0.3 is 14.8 Å². The van der Waals surface area contributed by atoms with Crippen LogP contribution >= 0.6 is 34.5 Å². The monoisotopic (exact) mass is 476 g/mol. The van der Waals surface area contributed by atoms with Crippen molar-refractivity contribution in [3.05, 3.63) is 92.1 Å². The van der Waals surface area contributed by atoms with Gasteiger partial charge in [-0.25, -0.2) is 4.79 Å². The van der Waals surface area contributed by atoms with Crippen LogP contribution in [0.15, 0.2) is 66.0 Å². The van der Waals surface area contributed by atoms with E-state index in [1.165, 1.54) is 12.0 Å². The Bertz CT molecular complexity index is 1030. The normalized spacial score (nSPS) is 12.7. The molecule has 3 aromatic rings. The van der Waals surface area contributed by atoms with E-state index in [0.29, 0.717) is 27.7 Å². The number of ether oxygens (including phenoxy) is 2. The molecule has 0 aliphatic carbocycles. The van der Waals surface area contributed by atoms with Gasteiger partial charge in [-0.1, -0.05) is 65.7 Å². The molecule has 2 atom stereocenters. The summed E-state index contributed by atoms with van der Waals surface area (Å²) < 4.78 is 10.7. The van der Waals surface area contributed by atoms with Crippen LogP contribution in [-0.2, 0) is 20.7 Å². The molecule has 2 aromatic carbocycles. The van der Waals surface area contributed by atoms with Gasteiger partial charge >= 0.3 is 5.97 Å². The average Bonchev–Trinajstić information content (AvgIpc) is 3.29. The number of benzene rings is 2. The smallest absolute Gasteiger partial charge is 0.351 e. The topological polar surface area (TPSA) is 71.4 Å². The first-order valence-corrected chi connectivity index (χ1v) is 11.2. The molecule has 162 valence electrons. The molecule has 0 fully saturated rings. The fraction of sp³-hybridized carbons (Fsp3) is 0.217. The van der Waals surface area contributed by atoms with Gasteiger partial charge in [0.1, 0.15) is 6.04 Å². The number of esters is 1. The minimum absolute atomic E-state index is 0.158. The lowest BCUT2D eigenvalue weighted by atomic mass is 10.1. The van der Waals surface area contributed by atoms with Gasteiger partial charge in [-0.05, 0) is 35.6 Å². The number of carbonyl (C=O) groups is 1. The maximum absolute atomic E-state index is 12.4. The van der Waals surface area contributed by atoms with E-state index in [9.17, 15) is 4.79 Å². The third-order valence-electron chi connectivity index (χ3n) is 4.63. The summed E-state index contributed by atoms with van der Waals surface area (Å²) in [5.41, 5.74) is 1.11. The zero-order valence-corrected chi connectivity index (χ0v) is 19.1. The Labute approximate surface area is 195 Å². The fourth-order valence-electron chi connectivity index (χ4n) is 3.08. The van der Waals surface area contributed by atoms with Gasteiger partial charge in [0.05, 0.1) is 7.11 Å². The predicted molar refractivity (Wildman–Crippen MR) is 125 cm³/mol. The quantitative estimate of drug-likeness (QED) is 0.231. The molecule has 0 saturated carbocycles. The third-order valence-corrected chi connectivity index (χ3v) is 6.25. The Hall–Kier alpha value is -2.38. The fourth-order valence-corrected chi connectivity index (χ4v) is 4.26. The zero-order chi connectivity index (χ0) is 22.2. The molecule has 0 radical (unpaired) electrons. The van der Waals surface area contributed by atoms with Crippen molar-refractivity contribution in [3.63, 3.8) is 0 Å². The molecule has 8 heteroatoms. The first kappa shape index (κ1) is 23.3. The SMILES string of the molecule is COC(=O)[C@H](OC(=N)C(NCCc1cccs1)c1ccccc1Cl)c1ccccc1Cl. The molecule has 1 unspecified atom stereocenters. The lowest BCUT2D eigenvalue weighted by molar-refractivity contribution is -0.150. The molecule has 0 bridgehead atoms. The van der Waals surface area contributed by atoms with E-state index in [-0.39, 0.29) is 5.90 Å². The number of carbonyl (C=O) groups excluding carboxylic acids is 1. The number of rotatable bonds is 9. The highest BCUT2D eigenvalue weighted by molar-refractivity contribution is 7.09. The number of methoxy groups -OCH3 is 1. The van der Waals surface area contributed by atoms with Gasteiger partial charge in [-0.3, -0.25) is 5.41 Å². The Morgan fingerprint density at radius 2 is 1.68 bits per heavy atom. The molecule has 0 spiro atoms. The number of hydrogen-bond donors (Lipinski definition) is 2. The third kappa shape index (κ3) is 6.08. The first-order valence-electron chi connectivity index (χ1n) is 9.58. The van der Waals surface area contributed by atoms with Gasteiger partial charge in [0.25, 0.3) is 0 Å². The summed E-state index contributed by atoms with van der Waals surface area (Å²) in [6.07, 6.45) is -0.382. The molecule has 2 N–H and O–H groups in total. The lowest BCUT2D eigenvalue weighted by Gasteiger charge is -2.25. The van der Waals surface area contributed by atoms with Crippen molar-refractivity contribution in [2.45, 2.75) is 18.6 Å². The number of nitrogens with one attached hydrogen (secondary N) is 2. The van der Waals surface area contributed by atoms with Crippen molar-refractivity contribution >= 4 is 46.4 Å². The van der Waals surface area contributed by atoms with Gasteiger partial charge in [-0.2, -0.15) is 0 Å². The van der Waals surface area contributed by atoms with Gasteiger partial charge in [0.15, 0.2) is 0 Å². The van der Waals surface area contributed by atoms with Crippen molar-refractivity contribution in [2.24, 2.45) is 0 Å². The number of hydrogen-bond acceptors (Lipinski definition) is 6. The number of thiophene rings is 1. The van der Waals surface area contributed by atoms with E-state index in [2.05, 4.69) is 11.4 Å². The highest BCUT2D eigenvalue weighted by Gasteiger charge is 2.30. The van der Waals surface area contributed by atoms with Crippen LogP contribution in [0.3, 0.4) is 0 Å². The van der Waals surface area contributed by atoms with E-state index < -0.39 is 18.1 Å². The van der Waals surface area contributed by atoms with E-state index >= 15 is 0 Å². The minimum Gasteiger partial charge on any atom is -0.466 e. The molecular formula is C23H22Cl2N2O3S. The first-order chi connectivity index (χ1) is 15.0. The van der Waals surface area contributed by atoms with Crippen molar-refractivity contribution in [2.75, 3.05) is 13.7 Å². The summed E-state index contributed by atoms with van der Waals surface area (Å²) >= 11 is 14.4. The van der Waals surface area contributed by atoms with Crippen LogP contribution in [0, 0.1) is 5.41 Å². The van der Waals surface area contributed by atoms with Crippen LogP contribution in [0.25, 0.3) is 0 Å². The highest BCUT2D eigenvalue weighted by atomic mass is 35.5. The van der Waals surface area contributed by atoms with Crippen molar-refractivity contribution in [3.8, 4) is 0 Å². The molecule has 0 saturated heterocycles. The van der Waals surface area contributed by atoms with Crippen LogP contribution in [0.2, 0.25) is 10.0 Å². The number of halogens is 2. The zero-order valence-electron chi connectivity index (χ0n) is 16.8. The second-order valence-electron chi connectivity index (χ2n) is 6.64. The summed E-state index contributed by atoms with van der Waals surface area (Å²) in [6, 6.07) is 17.5. The predicted octanol–water partition coefficient (Wildman–Crippen LogP) is 5.84. The highest BCUT2D eigenvalue weighted by Crippen LogP contribution is 2.30. The minimum atomic E-state index is -1.17. The van der Waals surface area contributed by atoms with Crippen molar-refractivity contribution in [1.29, 1.82) is 5.41 Å². The standard InChI is InChI=1S/C23H22Cl2N2O3S/c1-29-23(28)21(17-9-3-5-11-19(17)25)30-22(26)20(16-8-2-4-10-18(16)24)27-13-12-15-7-6-14-31-15/h2-11,14,20-21,26-27H,12-13H2,1H3/t20?,21-/m1/s1. The Morgan fingerprint density at radius 1 is 1.03 bits per heavy atom. The van der Waals surface area contributed by atoms with Crippen LogP contribution < -0.4 is 5.32 Å². The van der Waals surface area contributed by atoms with Gasteiger partial charge in [0.2, 0.25) is 12.0 Å². The maximum atomic E-state index is 12.4. The molecule has 0 aliphatic heterocycles. The molecule has 3 rings (SSSR count). The average molecular weight is 477 g/mol. The summed E-state index contributed by atoms with van der Waals surface area (Å²) in [5, 5.41) is 14.9. The van der Waals surface area contributed by atoms with E-state index in [4.69, 9.17) is 38.1 Å². The molecule has 1 aromatic heterocycles. The molecule has 0 amide bonds. The van der Waals surface area contributed by atoms with Gasteiger partial charge in [-0.15, -0.1) is 11.3 Å². The molecular weight excluding hydrogens is 455 g/mol. The molecule has 5 nitrogen and oxygen atoms in total. The van der Waals surface area contributed by atoms with Crippen molar-refractivity contribution in [1.82, 2.24) is 5.32 Å². The van der Waals surface area contributed by atoms with Crippen LogP contribution in [0.4, 0.5) is 0 Å². The Kier molecular flexibility index (Phi) is 8.49. The summed E-state index contributed by atoms with van der Waals surface area (Å²) in [6.45, 7) is 0.594. The van der Waals surface area contributed by atoms with Gasteiger partial charge in [0, 0.05) is 27.0 Å². The Morgan fingerprint density at radius 3 is 2.26 bits per heavy atom. The van der Waals surface area contributed by atoms with Crippen LogP contribution in [0.5, 0.6) is 0 Å². The van der Waals surface area contributed by atoms with Crippen LogP contribution in [0.1, 0.15) is 28.1 Å². The Balaban J connectivity index is 1.84. The summed E-state index contributed by atoms with van der Waals surface area (Å²) in [5.74, 6) is -0.802.